The first-order chi connectivity index (χ1) is 13.5. The largest absolute Gasteiger partial charge is 0.490 e. The molecule has 3 aromatic rings. The summed E-state index contributed by atoms with van der Waals surface area (Å²) < 4.78 is 11.2. The van der Waals surface area contributed by atoms with Gasteiger partial charge in [0.2, 0.25) is 0 Å². The Morgan fingerprint density at radius 1 is 1.14 bits per heavy atom. The third-order valence-electron chi connectivity index (χ3n) is 4.07. The highest BCUT2D eigenvalue weighted by atomic mass is 16.6. The van der Waals surface area contributed by atoms with Crippen LogP contribution in [-0.4, -0.2) is 33.3 Å². The molecule has 1 aromatic heterocycles. The van der Waals surface area contributed by atoms with E-state index in [1.165, 1.54) is 6.07 Å². The summed E-state index contributed by atoms with van der Waals surface area (Å²) in [6.45, 7) is 4.79. The molecule has 0 aliphatic heterocycles. The quantitative estimate of drug-likeness (QED) is 0.451. The molecule has 0 spiro atoms. The number of ether oxygens (including phenoxy) is 2. The molecule has 0 bridgehead atoms. The number of H-pyrrole nitrogens is 1. The van der Waals surface area contributed by atoms with Gasteiger partial charge in [0.05, 0.1) is 29.7 Å². The number of hydrogen-bond donors (Lipinski definition) is 2. The topological polar surface area (TPSA) is 129 Å². The lowest BCUT2D eigenvalue weighted by molar-refractivity contribution is -0.384. The van der Waals surface area contributed by atoms with E-state index in [-0.39, 0.29) is 11.5 Å². The maximum absolute atomic E-state index is 11.2. The van der Waals surface area contributed by atoms with E-state index in [0.717, 1.165) is 5.56 Å². The third-order valence-corrected chi connectivity index (χ3v) is 4.07. The van der Waals surface area contributed by atoms with Gasteiger partial charge in [-0.25, -0.2) is 4.98 Å². The number of nitro benzene ring substituents is 1. The number of para-hydroxylation sites is 1. The molecule has 9 heteroatoms. The summed E-state index contributed by atoms with van der Waals surface area (Å²) in [7, 11) is 0. The van der Waals surface area contributed by atoms with E-state index in [9.17, 15) is 10.1 Å². The number of hydrogen-bond acceptors (Lipinski definition) is 7. The Morgan fingerprint density at radius 2 is 1.86 bits per heavy atom. The van der Waals surface area contributed by atoms with E-state index in [1.54, 1.807) is 30.3 Å². The molecule has 1 heterocycles. The molecule has 146 valence electrons. The molecule has 0 aliphatic rings. The molecule has 1 atom stereocenters. The van der Waals surface area contributed by atoms with Gasteiger partial charge in [-0.15, -0.1) is 0 Å². The normalized spacial score (nSPS) is 11.8. The summed E-state index contributed by atoms with van der Waals surface area (Å²) in [6.07, 6.45) is 0. The van der Waals surface area contributed by atoms with Crippen LogP contribution in [0.25, 0.3) is 11.4 Å². The molecule has 2 aromatic carbocycles. The van der Waals surface area contributed by atoms with Crippen molar-refractivity contribution in [2.24, 2.45) is 5.73 Å². The fourth-order valence-electron chi connectivity index (χ4n) is 2.77. The van der Waals surface area contributed by atoms with Crippen molar-refractivity contribution >= 4 is 5.69 Å². The number of aromatic amines is 1. The van der Waals surface area contributed by atoms with Gasteiger partial charge in [0.15, 0.2) is 17.3 Å². The Hall–Kier alpha value is -3.46. The Morgan fingerprint density at radius 3 is 2.57 bits per heavy atom. The second-order valence-corrected chi connectivity index (χ2v) is 5.87. The van der Waals surface area contributed by atoms with E-state index in [0.29, 0.717) is 36.1 Å². The summed E-state index contributed by atoms with van der Waals surface area (Å²) in [5, 5.41) is 18.1. The first-order valence-electron chi connectivity index (χ1n) is 8.86. The van der Waals surface area contributed by atoms with Gasteiger partial charge in [0.25, 0.3) is 5.69 Å². The molecule has 0 saturated heterocycles. The fourth-order valence-corrected chi connectivity index (χ4v) is 2.77. The predicted octanol–water partition coefficient (Wildman–Crippen LogP) is 3.23. The minimum absolute atomic E-state index is 0.0682. The molecule has 28 heavy (non-hydrogen) atoms. The van der Waals surface area contributed by atoms with Gasteiger partial charge in [-0.3, -0.25) is 15.2 Å². The molecule has 3 rings (SSSR count). The van der Waals surface area contributed by atoms with E-state index < -0.39 is 11.0 Å². The SMILES string of the molecule is CCOc1ccc([C@@H](N)c2nc(-c3ccccc3[N+](=O)[O-])n[nH]2)cc1OCC. The molecular weight excluding hydrogens is 362 g/mol. The Bertz CT molecular complexity index is 972. The van der Waals surface area contributed by atoms with Crippen molar-refractivity contribution in [2.45, 2.75) is 19.9 Å². The Labute approximate surface area is 161 Å². The van der Waals surface area contributed by atoms with Crippen molar-refractivity contribution in [3.63, 3.8) is 0 Å². The van der Waals surface area contributed by atoms with Gasteiger partial charge in [-0.1, -0.05) is 18.2 Å². The monoisotopic (exact) mass is 383 g/mol. The van der Waals surface area contributed by atoms with E-state index in [4.69, 9.17) is 15.2 Å². The second kappa shape index (κ2) is 8.49. The van der Waals surface area contributed by atoms with Crippen LogP contribution in [0.4, 0.5) is 5.69 Å². The van der Waals surface area contributed by atoms with Crippen molar-refractivity contribution in [2.75, 3.05) is 13.2 Å². The van der Waals surface area contributed by atoms with Gasteiger partial charge in [-0.2, -0.15) is 5.10 Å². The van der Waals surface area contributed by atoms with Crippen molar-refractivity contribution in [1.29, 1.82) is 0 Å². The maximum atomic E-state index is 11.2. The minimum atomic E-state index is -0.612. The van der Waals surface area contributed by atoms with Gasteiger partial charge in [0.1, 0.15) is 5.82 Å². The predicted molar refractivity (Wildman–Crippen MR) is 103 cm³/mol. The van der Waals surface area contributed by atoms with Gasteiger partial charge < -0.3 is 15.2 Å². The molecule has 9 nitrogen and oxygen atoms in total. The molecule has 3 N–H and O–H groups in total. The van der Waals surface area contributed by atoms with Crippen LogP contribution in [-0.2, 0) is 0 Å². The summed E-state index contributed by atoms with van der Waals surface area (Å²) in [5.74, 6) is 1.84. The highest BCUT2D eigenvalue weighted by molar-refractivity contribution is 5.67. The van der Waals surface area contributed by atoms with E-state index in [2.05, 4.69) is 15.2 Å². The van der Waals surface area contributed by atoms with Crippen LogP contribution in [0.2, 0.25) is 0 Å². The van der Waals surface area contributed by atoms with Gasteiger partial charge in [0, 0.05) is 6.07 Å². The fraction of sp³-hybridized carbons (Fsp3) is 0.263. The lowest BCUT2D eigenvalue weighted by atomic mass is 10.1. The molecule has 0 amide bonds. The van der Waals surface area contributed by atoms with Crippen LogP contribution in [0.3, 0.4) is 0 Å². The summed E-state index contributed by atoms with van der Waals surface area (Å²) in [6, 6.07) is 11.1. The summed E-state index contributed by atoms with van der Waals surface area (Å²) >= 11 is 0. The molecule has 0 fully saturated rings. The minimum Gasteiger partial charge on any atom is -0.490 e. The smallest absolute Gasteiger partial charge is 0.280 e. The standard InChI is InChI=1S/C19H21N5O4/c1-3-27-15-10-9-12(11-16(15)28-4-2)17(20)19-21-18(22-23-19)13-7-5-6-8-14(13)24(25)26/h5-11,17H,3-4,20H2,1-2H3,(H,21,22,23)/t17-/m1/s1. The highest BCUT2D eigenvalue weighted by Crippen LogP contribution is 2.32. The zero-order chi connectivity index (χ0) is 20.1. The lowest BCUT2D eigenvalue weighted by Gasteiger charge is -2.14. The maximum Gasteiger partial charge on any atom is 0.280 e. The summed E-state index contributed by atoms with van der Waals surface area (Å²) in [5.41, 5.74) is 7.33. The van der Waals surface area contributed by atoms with Crippen molar-refractivity contribution in [3.8, 4) is 22.9 Å². The lowest BCUT2D eigenvalue weighted by Crippen LogP contribution is -2.14. The van der Waals surface area contributed by atoms with Gasteiger partial charge in [-0.05, 0) is 37.6 Å². The molecule has 0 aliphatic carbocycles. The third kappa shape index (κ3) is 3.94. The first kappa shape index (κ1) is 19.3. The zero-order valence-corrected chi connectivity index (χ0v) is 15.6. The van der Waals surface area contributed by atoms with Crippen LogP contribution >= 0.6 is 0 Å². The van der Waals surface area contributed by atoms with Crippen molar-refractivity contribution < 1.29 is 14.4 Å². The molecular formula is C19H21N5O4. The Balaban J connectivity index is 1.92. The van der Waals surface area contributed by atoms with Gasteiger partial charge >= 0.3 is 0 Å². The zero-order valence-electron chi connectivity index (χ0n) is 15.6. The number of benzene rings is 2. The average Bonchev–Trinajstić information content (AvgIpc) is 3.19. The Kier molecular flexibility index (Phi) is 5.85. The molecule has 0 unspecified atom stereocenters. The summed E-state index contributed by atoms with van der Waals surface area (Å²) in [4.78, 5) is 15.1. The molecule has 0 saturated carbocycles. The second-order valence-electron chi connectivity index (χ2n) is 5.87. The van der Waals surface area contributed by atoms with E-state index in [1.807, 2.05) is 19.9 Å². The van der Waals surface area contributed by atoms with Crippen molar-refractivity contribution in [1.82, 2.24) is 15.2 Å². The number of nitrogens with zero attached hydrogens (tertiary/aromatic N) is 3. The van der Waals surface area contributed by atoms with Crippen molar-refractivity contribution in [3.05, 3.63) is 64.0 Å². The number of rotatable bonds is 8. The van der Waals surface area contributed by atoms with Crippen LogP contribution in [0, 0.1) is 10.1 Å². The van der Waals surface area contributed by atoms with E-state index >= 15 is 0 Å². The van der Waals surface area contributed by atoms with Crippen LogP contribution in [0.5, 0.6) is 11.5 Å². The van der Waals surface area contributed by atoms with Crippen LogP contribution in [0.1, 0.15) is 31.3 Å². The number of nitrogens with two attached hydrogens (primary N) is 1. The van der Waals surface area contributed by atoms with Crippen LogP contribution < -0.4 is 15.2 Å². The van der Waals surface area contributed by atoms with Crippen LogP contribution in [0.15, 0.2) is 42.5 Å². The number of nitrogens with one attached hydrogen (secondary N) is 1. The number of nitro groups is 1. The first-order valence-corrected chi connectivity index (χ1v) is 8.86. The highest BCUT2D eigenvalue weighted by Gasteiger charge is 2.21. The molecule has 0 radical (unpaired) electrons. The average molecular weight is 383 g/mol. The number of aromatic nitrogens is 3.